The minimum absolute atomic E-state index is 0.0502. The summed E-state index contributed by atoms with van der Waals surface area (Å²) in [5.41, 5.74) is 4.11. The van der Waals surface area contributed by atoms with Gasteiger partial charge in [0.15, 0.2) is 0 Å². The van der Waals surface area contributed by atoms with Gasteiger partial charge in [0.1, 0.15) is 0 Å². The molecule has 6 heteroatoms. The zero-order chi connectivity index (χ0) is 21.3. The van der Waals surface area contributed by atoms with Crippen LogP contribution < -0.4 is 16.0 Å². The second kappa shape index (κ2) is 10.6. The summed E-state index contributed by atoms with van der Waals surface area (Å²) >= 11 is 3.46. The van der Waals surface area contributed by atoms with E-state index in [9.17, 15) is 9.59 Å². The van der Waals surface area contributed by atoms with Gasteiger partial charge in [-0.15, -0.1) is 0 Å². The fraction of sp³-hybridized carbons (Fsp3) is 0.167. The van der Waals surface area contributed by atoms with Crippen molar-refractivity contribution >= 4 is 39.1 Å². The first kappa shape index (κ1) is 21.6. The highest BCUT2D eigenvalue weighted by Crippen LogP contribution is 2.23. The van der Waals surface area contributed by atoms with Crippen LogP contribution in [0, 0.1) is 6.92 Å². The molecule has 0 unspecified atom stereocenters. The Balaban J connectivity index is 1.55. The molecule has 5 nitrogen and oxygen atoms in total. The molecule has 0 heterocycles. The first-order valence-electron chi connectivity index (χ1n) is 9.74. The van der Waals surface area contributed by atoms with Crippen molar-refractivity contribution in [1.29, 1.82) is 0 Å². The molecule has 0 saturated carbocycles. The molecule has 0 aliphatic rings. The van der Waals surface area contributed by atoms with E-state index in [0.717, 1.165) is 16.5 Å². The minimum atomic E-state index is -0.196. The van der Waals surface area contributed by atoms with E-state index in [0.29, 0.717) is 23.5 Å². The number of hydrogen-bond donors (Lipinski definition) is 3. The Morgan fingerprint density at radius 2 is 1.63 bits per heavy atom. The van der Waals surface area contributed by atoms with E-state index in [1.54, 1.807) is 18.2 Å². The lowest BCUT2D eigenvalue weighted by atomic mass is 10.1. The van der Waals surface area contributed by atoms with Crippen molar-refractivity contribution in [3.05, 3.63) is 94.0 Å². The molecule has 0 spiro atoms. The van der Waals surface area contributed by atoms with Crippen LogP contribution in [0.1, 0.15) is 21.5 Å². The predicted molar refractivity (Wildman–Crippen MR) is 125 cm³/mol. The Hall–Kier alpha value is -3.12. The smallest absolute Gasteiger partial charge is 0.253 e. The van der Waals surface area contributed by atoms with Crippen molar-refractivity contribution in [3.8, 4) is 0 Å². The molecule has 3 aromatic carbocycles. The molecule has 0 atom stereocenters. The third-order valence-electron chi connectivity index (χ3n) is 4.55. The Morgan fingerprint density at radius 1 is 0.900 bits per heavy atom. The number of para-hydroxylation sites is 1. The summed E-state index contributed by atoms with van der Waals surface area (Å²) in [5, 5.41) is 8.87. The fourth-order valence-electron chi connectivity index (χ4n) is 2.99. The lowest BCUT2D eigenvalue weighted by Crippen LogP contribution is -2.28. The Kier molecular flexibility index (Phi) is 7.63. The maximum absolute atomic E-state index is 12.6. The second-order valence-electron chi connectivity index (χ2n) is 6.92. The highest BCUT2D eigenvalue weighted by Gasteiger charge is 2.12. The standard InChI is InChI=1S/C24H24BrN3O2/c1-17-11-12-22(20(25)15-17)28-23(29)16-27-21-10-6-5-9-19(21)24(30)26-14-13-18-7-3-2-4-8-18/h2-12,15,27H,13-14,16H2,1H3,(H,26,30)(H,28,29). The summed E-state index contributed by atoms with van der Waals surface area (Å²) in [6.45, 7) is 2.58. The zero-order valence-electron chi connectivity index (χ0n) is 16.7. The number of benzene rings is 3. The maximum Gasteiger partial charge on any atom is 0.253 e. The quantitative estimate of drug-likeness (QED) is 0.448. The van der Waals surface area contributed by atoms with E-state index >= 15 is 0 Å². The van der Waals surface area contributed by atoms with Gasteiger partial charge in [0.05, 0.1) is 17.8 Å². The molecule has 0 fully saturated rings. The van der Waals surface area contributed by atoms with E-state index in [-0.39, 0.29) is 18.4 Å². The third-order valence-corrected chi connectivity index (χ3v) is 5.21. The molecule has 3 N–H and O–H groups in total. The number of nitrogens with one attached hydrogen (secondary N) is 3. The number of carbonyl (C=O) groups is 2. The van der Waals surface area contributed by atoms with Crippen LogP contribution in [0.3, 0.4) is 0 Å². The summed E-state index contributed by atoms with van der Waals surface area (Å²) in [6.07, 6.45) is 0.760. The summed E-state index contributed by atoms with van der Waals surface area (Å²) in [7, 11) is 0. The molecule has 0 bridgehead atoms. The summed E-state index contributed by atoms with van der Waals surface area (Å²) in [6, 6.07) is 22.9. The van der Waals surface area contributed by atoms with Crippen molar-refractivity contribution in [2.24, 2.45) is 0 Å². The van der Waals surface area contributed by atoms with Gasteiger partial charge in [-0.2, -0.15) is 0 Å². The molecular weight excluding hydrogens is 442 g/mol. The summed E-state index contributed by atoms with van der Waals surface area (Å²) in [4.78, 5) is 24.9. The predicted octanol–water partition coefficient (Wildman–Crippen LogP) is 4.78. The average molecular weight is 466 g/mol. The van der Waals surface area contributed by atoms with Gasteiger partial charge in [0.2, 0.25) is 5.91 Å². The molecule has 3 rings (SSSR count). The molecule has 0 aromatic heterocycles. The monoisotopic (exact) mass is 465 g/mol. The van der Waals surface area contributed by atoms with Crippen molar-refractivity contribution < 1.29 is 9.59 Å². The SMILES string of the molecule is Cc1ccc(NC(=O)CNc2ccccc2C(=O)NCCc2ccccc2)c(Br)c1. The van der Waals surface area contributed by atoms with E-state index < -0.39 is 0 Å². The van der Waals surface area contributed by atoms with Crippen LogP contribution in [0.5, 0.6) is 0 Å². The van der Waals surface area contributed by atoms with Crippen molar-refractivity contribution in [3.63, 3.8) is 0 Å². The number of rotatable bonds is 8. The molecule has 0 aliphatic heterocycles. The van der Waals surface area contributed by atoms with Crippen LogP contribution in [0.2, 0.25) is 0 Å². The van der Waals surface area contributed by atoms with Gasteiger partial charge < -0.3 is 16.0 Å². The Morgan fingerprint density at radius 3 is 2.40 bits per heavy atom. The number of halogens is 1. The van der Waals surface area contributed by atoms with Gasteiger partial charge >= 0.3 is 0 Å². The summed E-state index contributed by atoms with van der Waals surface area (Å²) in [5.74, 6) is -0.366. The fourth-order valence-corrected chi connectivity index (χ4v) is 3.58. The van der Waals surface area contributed by atoms with Crippen molar-refractivity contribution in [2.45, 2.75) is 13.3 Å². The topological polar surface area (TPSA) is 70.2 Å². The maximum atomic E-state index is 12.6. The van der Waals surface area contributed by atoms with Crippen LogP contribution in [0.25, 0.3) is 0 Å². The van der Waals surface area contributed by atoms with Gasteiger partial charge in [0.25, 0.3) is 5.91 Å². The molecule has 0 radical (unpaired) electrons. The van der Waals surface area contributed by atoms with E-state index in [1.807, 2.05) is 61.5 Å². The Bertz CT molecular complexity index is 1020. The van der Waals surface area contributed by atoms with Crippen LogP contribution in [0.4, 0.5) is 11.4 Å². The third kappa shape index (κ3) is 6.19. The van der Waals surface area contributed by atoms with Gasteiger partial charge in [-0.1, -0.05) is 48.5 Å². The van der Waals surface area contributed by atoms with E-state index in [2.05, 4.69) is 31.9 Å². The van der Waals surface area contributed by atoms with Crippen LogP contribution in [-0.4, -0.2) is 24.9 Å². The molecule has 3 aromatic rings. The number of amides is 2. The highest BCUT2D eigenvalue weighted by atomic mass is 79.9. The van der Waals surface area contributed by atoms with Crippen molar-refractivity contribution in [2.75, 3.05) is 23.7 Å². The largest absolute Gasteiger partial charge is 0.376 e. The normalized spacial score (nSPS) is 10.3. The highest BCUT2D eigenvalue weighted by molar-refractivity contribution is 9.10. The first-order chi connectivity index (χ1) is 14.5. The minimum Gasteiger partial charge on any atom is -0.376 e. The first-order valence-corrected chi connectivity index (χ1v) is 10.5. The molecule has 0 saturated heterocycles. The lowest BCUT2D eigenvalue weighted by molar-refractivity contribution is -0.114. The molecule has 154 valence electrons. The summed E-state index contributed by atoms with van der Waals surface area (Å²) < 4.78 is 0.828. The molecular formula is C24H24BrN3O2. The molecule has 30 heavy (non-hydrogen) atoms. The van der Waals surface area contributed by atoms with Crippen LogP contribution >= 0.6 is 15.9 Å². The number of carbonyl (C=O) groups excluding carboxylic acids is 2. The lowest BCUT2D eigenvalue weighted by Gasteiger charge is -2.13. The van der Waals surface area contributed by atoms with Gasteiger partial charge in [-0.05, 0) is 64.7 Å². The zero-order valence-corrected chi connectivity index (χ0v) is 18.3. The average Bonchev–Trinajstić information content (AvgIpc) is 2.75. The molecule has 2 amide bonds. The van der Waals surface area contributed by atoms with Crippen molar-refractivity contribution in [1.82, 2.24) is 5.32 Å². The molecule has 0 aliphatic carbocycles. The van der Waals surface area contributed by atoms with E-state index in [1.165, 1.54) is 5.56 Å². The van der Waals surface area contributed by atoms with E-state index in [4.69, 9.17) is 0 Å². The van der Waals surface area contributed by atoms with Crippen LogP contribution in [0.15, 0.2) is 77.3 Å². The van der Waals surface area contributed by atoms with Gasteiger partial charge in [-0.3, -0.25) is 9.59 Å². The van der Waals surface area contributed by atoms with Crippen LogP contribution in [-0.2, 0) is 11.2 Å². The van der Waals surface area contributed by atoms with Gasteiger partial charge in [0, 0.05) is 16.7 Å². The number of hydrogen-bond acceptors (Lipinski definition) is 3. The van der Waals surface area contributed by atoms with Gasteiger partial charge in [-0.25, -0.2) is 0 Å². The Labute approximate surface area is 185 Å². The number of anilines is 2. The second-order valence-corrected chi connectivity index (χ2v) is 7.78. The number of aryl methyl sites for hydroxylation is 1.